The van der Waals surface area contributed by atoms with Crippen LogP contribution in [0.2, 0.25) is 0 Å². The molecule has 0 aromatic carbocycles. The summed E-state index contributed by atoms with van der Waals surface area (Å²) in [5.74, 6) is -1.64. The van der Waals surface area contributed by atoms with Crippen molar-refractivity contribution in [2.24, 2.45) is 5.73 Å². The third-order valence-corrected chi connectivity index (χ3v) is 1.98. The van der Waals surface area contributed by atoms with E-state index < -0.39 is 11.7 Å². The van der Waals surface area contributed by atoms with Gasteiger partial charge in [0.25, 0.3) is 0 Å². The number of carbonyl (C=O) groups excluding carboxylic acids is 1. The van der Waals surface area contributed by atoms with Crippen molar-refractivity contribution in [2.45, 2.75) is 33.0 Å². The average Bonchev–Trinajstić information content (AvgIpc) is 2.16. The number of rotatable bonds is 7. The Kier molecular flexibility index (Phi) is 5.42. The van der Waals surface area contributed by atoms with E-state index in [-0.39, 0.29) is 5.57 Å². The van der Waals surface area contributed by atoms with E-state index in [2.05, 4.69) is 6.58 Å². The maximum Gasteiger partial charge on any atom is 0.249 e. The molecule has 82 valence electrons. The van der Waals surface area contributed by atoms with Gasteiger partial charge < -0.3 is 15.2 Å². The third kappa shape index (κ3) is 2.82. The second-order valence-corrected chi connectivity index (χ2v) is 2.82. The number of hydrogen-bond donors (Lipinski definition) is 1. The monoisotopic (exact) mass is 201 g/mol. The summed E-state index contributed by atoms with van der Waals surface area (Å²) < 4.78 is 10.8. The summed E-state index contributed by atoms with van der Waals surface area (Å²) in [6.07, 6.45) is 0.510. The summed E-state index contributed by atoms with van der Waals surface area (Å²) in [6.45, 7) is 10.0. The molecular formula is C10H19NO3. The largest absolute Gasteiger partial charge is 0.366 e. The van der Waals surface area contributed by atoms with Crippen LogP contribution in [-0.2, 0) is 14.3 Å². The topological polar surface area (TPSA) is 61.6 Å². The summed E-state index contributed by atoms with van der Waals surface area (Å²) >= 11 is 0. The Hall–Kier alpha value is -0.870. The fourth-order valence-corrected chi connectivity index (χ4v) is 1.29. The fraction of sp³-hybridized carbons (Fsp3) is 0.700. The Labute approximate surface area is 85.1 Å². The van der Waals surface area contributed by atoms with Gasteiger partial charge in [-0.1, -0.05) is 13.5 Å². The van der Waals surface area contributed by atoms with Crippen molar-refractivity contribution in [3.63, 3.8) is 0 Å². The molecule has 4 heteroatoms. The minimum Gasteiger partial charge on any atom is -0.366 e. The SMILES string of the molecule is C=C(C(N)=O)C(CC)(OCC)OCC. The summed E-state index contributed by atoms with van der Waals surface area (Å²) in [5, 5.41) is 0. The van der Waals surface area contributed by atoms with E-state index in [1.807, 2.05) is 20.8 Å². The molecule has 0 rings (SSSR count). The van der Waals surface area contributed by atoms with Crippen LogP contribution in [-0.4, -0.2) is 24.9 Å². The van der Waals surface area contributed by atoms with Crippen LogP contribution < -0.4 is 5.73 Å². The highest BCUT2D eigenvalue weighted by Crippen LogP contribution is 2.26. The van der Waals surface area contributed by atoms with Crippen molar-refractivity contribution in [1.82, 2.24) is 0 Å². The molecule has 0 atom stereocenters. The molecule has 0 fully saturated rings. The van der Waals surface area contributed by atoms with Gasteiger partial charge in [-0.15, -0.1) is 0 Å². The Bertz CT molecular complexity index is 207. The van der Waals surface area contributed by atoms with Crippen molar-refractivity contribution in [3.8, 4) is 0 Å². The summed E-state index contributed by atoms with van der Waals surface area (Å²) in [7, 11) is 0. The van der Waals surface area contributed by atoms with Crippen LogP contribution in [0.5, 0.6) is 0 Å². The zero-order valence-electron chi connectivity index (χ0n) is 9.13. The Morgan fingerprint density at radius 3 is 1.93 bits per heavy atom. The Morgan fingerprint density at radius 2 is 1.71 bits per heavy atom. The van der Waals surface area contributed by atoms with Gasteiger partial charge in [-0.05, 0) is 13.8 Å². The van der Waals surface area contributed by atoms with E-state index >= 15 is 0 Å². The van der Waals surface area contributed by atoms with Gasteiger partial charge in [-0.3, -0.25) is 4.79 Å². The number of hydrogen-bond acceptors (Lipinski definition) is 3. The molecule has 14 heavy (non-hydrogen) atoms. The van der Waals surface area contributed by atoms with Crippen molar-refractivity contribution < 1.29 is 14.3 Å². The van der Waals surface area contributed by atoms with Crippen LogP contribution in [0.3, 0.4) is 0 Å². The van der Waals surface area contributed by atoms with Gasteiger partial charge in [0.15, 0.2) is 5.79 Å². The lowest BCUT2D eigenvalue weighted by atomic mass is 10.0. The van der Waals surface area contributed by atoms with Crippen LogP contribution in [0.25, 0.3) is 0 Å². The second kappa shape index (κ2) is 5.78. The normalized spacial score (nSPS) is 11.4. The Balaban J connectivity index is 4.81. The molecule has 0 unspecified atom stereocenters. The minimum atomic E-state index is -1.05. The van der Waals surface area contributed by atoms with E-state index in [4.69, 9.17) is 15.2 Å². The number of carbonyl (C=O) groups is 1. The summed E-state index contributed by atoms with van der Waals surface area (Å²) in [5.41, 5.74) is 5.33. The van der Waals surface area contributed by atoms with Crippen LogP contribution in [0, 0.1) is 0 Å². The number of amides is 1. The molecule has 0 spiro atoms. The molecular weight excluding hydrogens is 182 g/mol. The average molecular weight is 201 g/mol. The molecule has 1 amide bonds. The zero-order valence-corrected chi connectivity index (χ0v) is 9.13. The smallest absolute Gasteiger partial charge is 0.249 e. The third-order valence-electron chi connectivity index (χ3n) is 1.98. The van der Waals surface area contributed by atoms with Crippen molar-refractivity contribution >= 4 is 5.91 Å². The molecule has 0 aliphatic rings. The lowest BCUT2D eigenvalue weighted by molar-refractivity contribution is -0.208. The predicted octanol–water partition coefficient (Wildman–Crippen LogP) is 1.21. The molecule has 0 aromatic heterocycles. The van der Waals surface area contributed by atoms with E-state index in [0.717, 1.165) is 0 Å². The minimum absolute atomic E-state index is 0.170. The molecule has 0 saturated carbocycles. The first-order valence-electron chi connectivity index (χ1n) is 4.81. The maximum absolute atomic E-state index is 11.0. The van der Waals surface area contributed by atoms with E-state index in [1.165, 1.54) is 0 Å². The van der Waals surface area contributed by atoms with Crippen LogP contribution in [0.4, 0.5) is 0 Å². The number of nitrogens with two attached hydrogens (primary N) is 1. The lowest BCUT2D eigenvalue weighted by Crippen LogP contribution is -2.42. The second-order valence-electron chi connectivity index (χ2n) is 2.82. The van der Waals surface area contributed by atoms with Gasteiger partial charge in [0, 0.05) is 19.6 Å². The van der Waals surface area contributed by atoms with Crippen LogP contribution >= 0.6 is 0 Å². The quantitative estimate of drug-likeness (QED) is 0.497. The molecule has 0 bridgehead atoms. The first kappa shape index (κ1) is 13.1. The molecule has 0 aliphatic carbocycles. The predicted molar refractivity (Wildman–Crippen MR) is 54.6 cm³/mol. The zero-order chi connectivity index (χ0) is 11.2. The van der Waals surface area contributed by atoms with Gasteiger partial charge in [-0.25, -0.2) is 0 Å². The standard InChI is InChI=1S/C10H19NO3/c1-5-10(13-6-2,14-7-3)8(4)9(11)12/h4-7H2,1-3H3,(H2,11,12). The summed E-state index contributed by atoms with van der Waals surface area (Å²) in [4.78, 5) is 11.0. The van der Waals surface area contributed by atoms with Crippen molar-refractivity contribution in [3.05, 3.63) is 12.2 Å². The van der Waals surface area contributed by atoms with Gasteiger partial charge >= 0.3 is 0 Å². The molecule has 4 nitrogen and oxygen atoms in total. The fourth-order valence-electron chi connectivity index (χ4n) is 1.29. The van der Waals surface area contributed by atoms with Gasteiger partial charge in [0.05, 0.1) is 5.57 Å². The molecule has 0 heterocycles. The molecule has 0 aliphatic heterocycles. The highest BCUT2D eigenvalue weighted by atomic mass is 16.7. The molecule has 0 radical (unpaired) electrons. The van der Waals surface area contributed by atoms with E-state index in [1.54, 1.807) is 0 Å². The van der Waals surface area contributed by atoms with Gasteiger partial charge in [0.1, 0.15) is 0 Å². The van der Waals surface area contributed by atoms with Crippen LogP contribution in [0.15, 0.2) is 12.2 Å². The number of ether oxygens (including phenoxy) is 2. The highest BCUT2D eigenvalue weighted by Gasteiger charge is 2.35. The Morgan fingerprint density at radius 1 is 1.29 bits per heavy atom. The molecule has 2 N–H and O–H groups in total. The summed E-state index contributed by atoms with van der Waals surface area (Å²) in [6, 6.07) is 0. The maximum atomic E-state index is 11.0. The van der Waals surface area contributed by atoms with Gasteiger partial charge in [-0.2, -0.15) is 0 Å². The number of primary amides is 1. The first-order chi connectivity index (χ1) is 6.54. The van der Waals surface area contributed by atoms with Crippen molar-refractivity contribution in [2.75, 3.05) is 13.2 Å². The van der Waals surface area contributed by atoms with Crippen molar-refractivity contribution in [1.29, 1.82) is 0 Å². The lowest BCUT2D eigenvalue weighted by Gasteiger charge is -2.32. The van der Waals surface area contributed by atoms with E-state index in [9.17, 15) is 4.79 Å². The van der Waals surface area contributed by atoms with Crippen LogP contribution in [0.1, 0.15) is 27.2 Å². The first-order valence-corrected chi connectivity index (χ1v) is 4.81. The molecule has 0 aromatic rings. The molecule has 0 saturated heterocycles. The van der Waals surface area contributed by atoms with E-state index in [0.29, 0.717) is 19.6 Å². The van der Waals surface area contributed by atoms with Gasteiger partial charge in [0.2, 0.25) is 5.91 Å². The highest BCUT2D eigenvalue weighted by molar-refractivity contribution is 5.92.